The van der Waals surface area contributed by atoms with Crippen molar-refractivity contribution in [3.05, 3.63) is 47.5 Å². The van der Waals surface area contributed by atoms with Gasteiger partial charge in [-0.1, -0.05) is 50.6 Å². The second-order valence-electron chi connectivity index (χ2n) is 9.14. The highest BCUT2D eigenvalue weighted by molar-refractivity contribution is 5.88. The van der Waals surface area contributed by atoms with Crippen LogP contribution in [0.4, 0.5) is 0 Å². The Morgan fingerprint density at radius 1 is 1.19 bits per heavy atom. The van der Waals surface area contributed by atoms with Crippen LogP contribution in [0.15, 0.2) is 30.3 Å². The molecule has 0 fully saturated rings. The molecular weight excluding hydrogens is 476 g/mol. The summed E-state index contributed by atoms with van der Waals surface area (Å²) in [7, 11) is 0. The maximum Gasteiger partial charge on any atom is 0.290 e. The number of nitrogens with zero attached hydrogens (tertiary/aromatic N) is 4. The highest BCUT2D eigenvalue weighted by atomic mass is 16.3. The van der Waals surface area contributed by atoms with Gasteiger partial charge in [-0.25, -0.2) is 9.67 Å². The fourth-order valence-corrected chi connectivity index (χ4v) is 4.23. The highest BCUT2D eigenvalue weighted by Gasteiger charge is 2.30. The summed E-state index contributed by atoms with van der Waals surface area (Å²) < 4.78 is 1.79. The summed E-state index contributed by atoms with van der Waals surface area (Å²) in [6.07, 6.45) is 2.06. The molecule has 1 aliphatic rings. The number of hydrogen-bond donors (Lipinski definition) is 3. The fraction of sp³-hybridized carbons (Fsp3) is 0.538. The van der Waals surface area contributed by atoms with Crippen LogP contribution in [0.5, 0.6) is 0 Å². The third-order valence-electron chi connectivity index (χ3n) is 6.39. The molecule has 37 heavy (non-hydrogen) atoms. The average Bonchev–Trinajstić information content (AvgIpc) is 3.24. The minimum Gasteiger partial charge on any atom is -0.483 e. The molecule has 0 saturated carbocycles. The van der Waals surface area contributed by atoms with Gasteiger partial charge in [0.15, 0.2) is 0 Å². The zero-order valence-corrected chi connectivity index (χ0v) is 22.0. The fourth-order valence-electron chi connectivity index (χ4n) is 4.23. The Labute approximate surface area is 217 Å². The number of amides is 3. The number of hydrogen-bond acceptors (Lipinski definition) is 6. The molecule has 0 radical (unpaired) electrons. The quantitative estimate of drug-likeness (QED) is 0.528. The van der Waals surface area contributed by atoms with E-state index in [1.54, 1.807) is 9.58 Å². The first-order valence-electron chi connectivity index (χ1n) is 12.6. The Morgan fingerprint density at radius 2 is 1.86 bits per heavy atom. The van der Waals surface area contributed by atoms with Crippen molar-refractivity contribution in [3.8, 4) is 0 Å². The third-order valence-corrected chi connectivity index (χ3v) is 6.39. The van der Waals surface area contributed by atoms with Gasteiger partial charge in [0.05, 0.1) is 12.6 Å². The maximum absolute atomic E-state index is 13.5. The normalized spacial score (nSPS) is 19.7. The minimum atomic E-state index is -0.653. The molecule has 0 aliphatic carbocycles. The molecule has 2 heterocycles. The van der Waals surface area contributed by atoms with Crippen molar-refractivity contribution in [1.82, 2.24) is 30.3 Å². The second kappa shape index (κ2) is 14.7. The maximum atomic E-state index is 13.5. The van der Waals surface area contributed by atoms with Crippen LogP contribution >= 0.6 is 0 Å². The predicted octanol–water partition coefficient (Wildman–Crippen LogP) is 1.86. The van der Waals surface area contributed by atoms with Crippen molar-refractivity contribution >= 4 is 24.2 Å². The minimum absolute atomic E-state index is 0.0393. The van der Waals surface area contributed by atoms with Crippen LogP contribution in [0.3, 0.4) is 0 Å². The average molecular weight is 515 g/mol. The van der Waals surface area contributed by atoms with E-state index in [1.165, 1.54) is 6.92 Å². The highest BCUT2D eigenvalue weighted by Crippen LogP contribution is 2.20. The van der Waals surface area contributed by atoms with Crippen LogP contribution < -0.4 is 10.6 Å². The van der Waals surface area contributed by atoms with Gasteiger partial charge in [0, 0.05) is 26.4 Å². The van der Waals surface area contributed by atoms with Gasteiger partial charge >= 0.3 is 0 Å². The van der Waals surface area contributed by atoms with Crippen LogP contribution in [0.2, 0.25) is 0 Å². The lowest BCUT2D eigenvalue weighted by Gasteiger charge is -2.28. The number of benzene rings is 1. The first-order valence-corrected chi connectivity index (χ1v) is 12.6. The summed E-state index contributed by atoms with van der Waals surface area (Å²) in [5.41, 5.74) is 1.05. The zero-order chi connectivity index (χ0) is 27.4. The molecule has 1 unspecified atom stereocenters. The molecule has 202 valence electrons. The molecule has 1 aromatic heterocycles. The Morgan fingerprint density at radius 3 is 2.49 bits per heavy atom. The lowest BCUT2D eigenvalue weighted by atomic mass is 9.97. The summed E-state index contributed by atoms with van der Waals surface area (Å²) >= 11 is 0. The van der Waals surface area contributed by atoms with E-state index < -0.39 is 12.1 Å². The van der Waals surface area contributed by atoms with Crippen molar-refractivity contribution < 1.29 is 24.3 Å². The molecule has 3 amide bonds. The number of carbonyl (C=O) groups is 4. The predicted molar refractivity (Wildman–Crippen MR) is 137 cm³/mol. The Hall–Kier alpha value is -3.76. The Bertz CT molecular complexity index is 1040. The van der Waals surface area contributed by atoms with Crippen LogP contribution in [-0.2, 0) is 32.1 Å². The number of rotatable bonds is 4. The van der Waals surface area contributed by atoms with Crippen molar-refractivity contribution in [2.24, 2.45) is 5.92 Å². The van der Waals surface area contributed by atoms with Gasteiger partial charge in [-0.05, 0) is 31.2 Å². The van der Waals surface area contributed by atoms with Crippen LogP contribution in [0.25, 0.3) is 0 Å². The lowest BCUT2D eigenvalue weighted by molar-refractivity contribution is -0.131. The summed E-state index contributed by atoms with van der Waals surface area (Å²) in [6, 6.07) is 8.81. The molecule has 0 bridgehead atoms. The number of carboxylic acid groups (broad SMARTS) is 1. The molecule has 2 aromatic rings. The van der Waals surface area contributed by atoms with Gasteiger partial charge in [-0.15, -0.1) is 0 Å². The van der Waals surface area contributed by atoms with E-state index in [9.17, 15) is 14.4 Å². The molecule has 11 nitrogen and oxygen atoms in total. The number of aromatic nitrogens is 3. The number of fused-ring (bicyclic) bond motifs is 1. The molecule has 1 aromatic carbocycles. The van der Waals surface area contributed by atoms with Gasteiger partial charge in [0.1, 0.15) is 17.7 Å². The smallest absolute Gasteiger partial charge is 0.290 e. The molecule has 3 N–H and O–H groups in total. The zero-order valence-electron chi connectivity index (χ0n) is 22.0. The Kier molecular flexibility index (Phi) is 11.7. The van der Waals surface area contributed by atoms with Crippen LogP contribution in [-0.4, -0.2) is 68.1 Å². The SMILES string of the molecule is CC[C@H](C)[C@@H]1NC(=O)CCCN(C(C)=O)CCn2nc(C)nc2C(Cc2ccccc2)NC1=O.O=CO. The van der Waals surface area contributed by atoms with Gasteiger partial charge in [-0.3, -0.25) is 19.2 Å². The van der Waals surface area contributed by atoms with Crippen molar-refractivity contribution in [3.63, 3.8) is 0 Å². The van der Waals surface area contributed by atoms with Gasteiger partial charge in [-0.2, -0.15) is 5.10 Å². The van der Waals surface area contributed by atoms with E-state index in [4.69, 9.17) is 9.90 Å². The molecule has 11 heteroatoms. The molecule has 0 saturated heterocycles. The van der Waals surface area contributed by atoms with E-state index in [2.05, 4.69) is 20.7 Å². The largest absolute Gasteiger partial charge is 0.483 e. The molecular formula is C26H38N6O5. The number of nitrogens with one attached hydrogen (secondary N) is 2. The van der Waals surface area contributed by atoms with Gasteiger partial charge in [0.2, 0.25) is 17.7 Å². The second-order valence-corrected chi connectivity index (χ2v) is 9.14. The van der Waals surface area contributed by atoms with E-state index in [1.807, 2.05) is 51.1 Å². The molecule has 3 atom stereocenters. The van der Waals surface area contributed by atoms with Crippen molar-refractivity contribution in [2.75, 3.05) is 13.1 Å². The standard InChI is InChI=1S/C25H36N6O3.CH2O2/c1-5-17(2)23-25(34)27-21(16-20-10-7-6-8-11-20)24-26-18(3)29-31(24)15-14-30(19(4)32)13-9-12-22(33)28-23;2-1-3/h6-8,10-11,17,21,23H,5,9,12-16H2,1-4H3,(H,27,34)(H,28,33);1H,(H,2,3)/t17-,21?,23-;/m0./s1. The summed E-state index contributed by atoms with van der Waals surface area (Å²) in [5, 5.41) is 17.5. The molecule has 3 rings (SSSR count). The van der Waals surface area contributed by atoms with Gasteiger partial charge in [0.25, 0.3) is 6.47 Å². The monoisotopic (exact) mass is 514 g/mol. The summed E-state index contributed by atoms with van der Waals surface area (Å²) in [4.78, 5) is 53.0. The summed E-state index contributed by atoms with van der Waals surface area (Å²) in [5.74, 6) is 0.759. The van der Waals surface area contributed by atoms with E-state index in [-0.39, 0.29) is 36.5 Å². The number of carbonyl (C=O) groups excluding carboxylic acids is 3. The van der Waals surface area contributed by atoms with Gasteiger partial charge < -0.3 is 20.6 Å². The van der Waals surface area contributed by atoms with E-state index in [0.29, 0.717) is 44.1 Å². The number of aryl methyl sites for hydroxylation is 1. The lowest BCUT2D eigenvalue weighted by Crippen LogP contribution is -2.51. The molecule has 0 spiro atoms. The van der Waals surface area contributed by atoms with Crippen molar-refractivity contribution in [2.45, 2.75) is 72.0 Å². The van der Waals surface area contributed by atoms with Crippen LogP contribution in [0.1, 0.15) is 63.3 Å². The summed E-state index contributed by atoms with van der Waals surface area (Å²) in [6.45, 7) is 8.45. The topological polar surface area (TPSA) is 147 Å². The Balaban J connectivity index is 0.00000153. The first kappa shape index (κ1) is 29.5. The molecule has 1 aliphatic heterocycles. The third kappa shape index (κ3) is 9.00. The van der Waals surface area contributed by atoms with E-state index >= 15 is 0 Å². The first-order chi connectivity index (χ1) is 17.7. The van der Waals surface area contributed by atoms with E-state index in [0.717, 1.165) is 12.0 Å². The van der Waals surface area contributed by atoms with Crippen LogP contribution in [0, 0.1) is 12.8 Å². The van der Waals surface area contributed by atoms with Crippen molar-refractivity contribution in [1.29, 1.82) is 0 Å².